The van der Waals surface area contributed by atoms with Crippen molar-refractivity contribution in [2.45, 2.75) is 58.3 Å². The van der Waals surface area contributed by atoms with Crippen LogP contribution in [0.4, 0.5) is 0 Å². The fourth-order valence-electron chi connectivity index (χ4n) is 4.65. The molecule has 0 amide bonds. The molecule has 0 spiro atoms. The van der Waals surface area contributed by atoms with Gasteiger partial charge in [-0.25, -0.2) is 0 Å². The Hall–Kier alpha value is -1.44. The molecule has 0 atom stereocenters. The number of hydrogen-bond donors (Lipinski definition) is 0. The standard InChI is InChI=1S/C30H38IP/c1-2-3-4-5-6-7-8-9-10-20-27-32(31,28-21-14-11-15-22-28,29-23-16-12-17-24-29)30-25-18-13-19-26-30/h9-19,21-26H,2-8,20,27H2,1H3/b10-9-. The average molecular weight is 557 g/mol. The molecule has 0 N–H and O–H groups in total. The predicted octanol–water partition coefficient (Wildman–Crippen LogP) is 8.56. The van der Waals surface area contributed by atoms with Gasteiger partial charge in [0.2, 0.25) is 0 Å². The molecule has 0 bridgehead atoms. The van der Waals surface area contributed by atoms with Crippen LogP contribution in [-0.4, -0.2) is 6.16 Å². The third-order valence-electron chi connectivity index (χ3n) is 6.49. The summed E-state index contributed by atoms with van der Waals surface area (Å²) in [5.41, 5.74) is 0. The van der Waals surface area contributed by atoms with Gasteiger partial charge in [-0.1, -0.05) is 0 Å². The molecule has 2 heteroatoms. The van der Waals surface area contributed by atoms with E-state index in [4.69, 9.17) is 0 Å². The van der Waals surface area contributed by atoms with E-state index >= 15 is 0 Å². The van der Waals surface area contributed by atoms with Crippen molar-refractivity contribution in [1.29, 1.82) is 0 Å². The first-order chi connectivity index (χ1) is 15.7. The van der Waals surface area contributed by atoms with Crippen molar-refractivity contribution in [3.63, 3.8) is 0 Å². The van der Waals surface area contributed by atoms with Crippen LogP contribution in [0.2, 0.25) is 0 Å². The van der Waals surface area contributed by atoms with E-state index in [2.05, 4.69) is 132 Å². The molecule has 0 nitrogen and oxygen atoms in total. The summed E-state index contributed by atoms with van der Waals surface area (Å²) in [6.45, 7) is 2.28. The molecule has 0 fully saturated rings. The van der Waals surface area contributed by atoms with Crippen LogP contribution in [0.15, 0.2) is 103 Å². The van der Waals surface area contributed by atoms with Crippen molar-refractivity contribution in [2.75, 3.05) is 6.16 Å². The van der Waals surface area contributed by atoms with Gasteiger partial charge >= 0.3 is 210 Å². The van der Waals surface area contributed by atoms with Gasteiger partial charge in [-0.2, -0.15) is 0 Å². The quantitative estimate of drug-likeness (QED) is 0.0857. The zero-order valence-corrected chi connectivity index (χ0v) is 22.6. The van der Waals surface area contributed by atoms with E-state index in [9.17, 15) is 0 Å². The van der Waals surface area contributed by atoms with Crippen molar-refractivity contribution in [1.82, 2.24) is 0 Å². The Morgan fingerprint density at radius 3 is 1.44 bits per heavy atom. The molecule has 0 aliphatic heterocycles. The fourth-order valence-corrected chi connectivity index (χ4v) is 13.1. The molecule has 170 valence electrons. The van der Waals surface area contributed by atoms with Crippen molar-refractivity contribution >= 4 is 42.2 Å². The second-order valence-corrected chi connectivity index (χ2v) is 19.5. The van der Waals surface area contributed by atoms with Gasteiger partial charge < -0.3 is 0 Å². The molecule has 0 heterocycles. The van der Waals surface area contributed by atoms with Crippen LogP contribution in [-0.2, 0) is 0 Å². The molecule has 0 saturated carbocycles. The van der Waals surface area contributed by atoms with Crippen molar-refractivity contribution < 1.29 is 0 Å². The molecule has 0 radical (unpaired) electrons. The van der Waals surface area contributed by atoms with Crippen LogP contribution < -0.4 is 15.9 Å². The zero-order chi connectivity index (χ0) is 22.6. The summed E-state index contributed by atoms with van der Waals surface area (Å²) in [4.78, 5) is 0. The number of allylic oxidation sites excluding steroid dienone is 2. The Morgan fingerprint density at radius 2 is 0.969 bits per heavy atom. The first kappa shape index (κ1) is 25.2. The second-order valence-electron chi connectivity index (χ2n) is 8.73. The predicted molar refractivity (Wildman–Crippen MR) is 156 cm³/mol. The Balaban J connectivity index is 1.85. The van der Waals surface area contributed by atoms with Crippen LogP contribution in [0.5, 0.6) is 0 Å². The molecular formula is C30H38IP. The first-order valence-corrected chi connectivity index (χ1v) is 17.5. The second kappa shape index (κ2) is 12.7. The minimum atomic E-state index is -2.61. The number of hydrogen-bond acceptors (Lipinski definition) is 0. The number of halogens is 1. The van der Waals surface area contributed by atoms with Gasteiger partial charge in [0, 0.05) is 0 Å². The molecule has 3 aromatic rings. The maximum atomic E-state index is 2.89. The van der Waals surface area contributed by atoms with Gasteiger partial charge in [0.05, 0.1) is 0 Å². The number of rotatable bonds is 13. The van der Waals surface area contributed by atoms with Crippen LogP contribution in [0.1, 0.15) is 58.3 Å². The molecule has 0 unspecified atom stereocenters. The topological polar surface area (TPSA) is 0 Å². The molecule has 0 saturated heterocycles. The average Bonchev–Trinajstić information content (AvgIpc) is 2.87. The zero-order valence-electron chi connectivity index (χ0n) is 19.5. The molecule has 0 aromatic heterocycles. The molecule has 3 aromatic carbocycles. The van der Waals surface area contributed by atoms with E-state index in [1.807, 2.05) is 0 Å². The molecule has 3 rings (SSSR count). The third kappa shape index (κ3) is 5.91. The van der Waals surface area contributed by atoms with Gasteiger partial charge in [0.1, 0.15) is 0 Å². The van der Waals surface area contributed by atoms with Crippen LogP contribution in [0, 0.1) is 0 Å². The Morgan fingerprint density at radius 1 is 0.562 bits per heavy atom. The number of unbranched alkanes of at least 4 members (excludes halogenated alkanes) is 6. The van der Waals surface area contributed by atoms with E-state index < -0.39 is 4.25 Å². The van der Waals surface area contributed by atoms with Crippen molar-refractivity contribution in [3.8, 4) is 0 Å². The first-order valence-electron chi connectivity index (χ1n) is 12.2. The van der Waals surface area contributed by atoms with Crippen LogP contribution >= 0.6 is 26.3 Å². The molecule has 32 heavy (non-hydrogen) atoms. The Labute approximate surface area is 209 Å². The minimum absolute atomic E-state index is 1.11. The fraction of sp³-hybridized carbons (Fsp3) is 0.333. The summed E-state index contributed by atoms with van der Waals surface area (Å²) in [6, 6.07) is 33.7. The van der Waals surface area contributed by atoms with Gasteiger partial charge in [-0.15, -0.1) is 0 Å². The summed E-state index contributed by atoms with van der Waals surface area (Å²) >= 11 is 2.89. The summed E-state index contributed by atoms with van der Waals surface area (Å²) in [5.74, 6) is 0. The molecule has 0 aliphatic carbocycles. The van der Waals surface area contributed by atoms with E-state index in [1.54, 1.807) is 0 Å². The normalized spacial score (nSPS) is 13.1. The summed E-state index contributed by atoms with van der Waals surface area (Å²) in [7, 11) is 0. The summed E-state index contributed by atoms with van der Waals surface area (Å²) < 4.78 is -2.61. The van der Waals surface area contributed by atoms with Crippen molar-refractivity contribution in [3.05, 3.63) is 103 Å². The summed E-state index contributed by atoms with van der Waals surface area (Å²) in [6.07, 6.45) is 16.5. The van der Waals surface area contributed by atoms with Gasteiger partial charge in [-0.3, -0.25) is 0 Å². The van der Waals surface area contributed by atoms with E-state index in [-0.39, 0.29) is 0 Å². The SMILES string of the molecule is CCCCCCCC/C=C\CCP(I)(c1ccccc1)(c1ccccc1)c1ccccc1. The van der Waals surface area contributed by atoms with Crippen LogP contribution in [0.25, 0.3) is 0 Å². The van der Waals surface area contributed by atoms with Crippen molar-refractivity contribution in [2.24, 2.45) is 0 Å². The summed E-state index contributed by atoms with van der Waals surface area (Å²) in [5, 5.41) is 4.42. The van der Waals surface area contributed by atoms with Crippen LogP contribution in [0.3, 0.4) is 0 Å². The van der Waals surface area contributed by atoms with Gasteiger partial charge in [-0.05, 0) is 0 Å². The maximum absolute atomic E-state index is 2.89. The molecule has 0 aliphatic rings. The monoisotopic (exact) mass is 556 g/mol. The van der Waals surface area contributed by atoms with Gasteiger partial charge in [0.15, 0.2) is 0 Å². The van der Waals surface area contributed by atoms with E-state index in [0.29, 0.717) is 0 Å². The third-order valence-corrected chi connectivity index (χ3v) is 18.2. The Bertz CT molecular complexity index is 835. The number of benzene rings is 3. The van der Waals surface area contributed by atoms with E-state index in [0.717, 1.165) is 12.6 Å². The van der Waals surface area contributed by atoms with Gasteiger partial charge in [0.25, 0.3) is 0 Å². The van der Waals surface area contributed by atoms with E-state index in [1.165, 1.54) is 60.9 Å². The molecular weight excluding hydrogens is 518 g/mol. The Kier molecular flexibility index (Phi) is 10.0.